The number of hydrogen-bond donors (Lipinski definition) is 0. The van der Waals surface area contributed by atoms with Crippen molar-refractivity contribution in [1.29, 1.82) is 0 Å². The second-order valence-electron chi connectivity index (χ2n) is 2.04. The van der Waals surface area contributed by atoms with E-state index in [0.29, 0.717) is 6.42 Å². The van der Waals surface area contributed by atoms with Crippen LogP contribution in [-0.4, -0.2) is 12.1 Å². The van der Waals surface area contributed by atoms with Crippen LogP contribution in [0.3, 0.4) is 0 Å². The maximum absolute atomic E-state index is 6.99. The number of halogens is 2. The predicted octanol–water partition coefficient (Wildman–Crippen LogP) is -3.74. The molecule has 0 saturated heterocycles. The van der Waals surface area contributed by atoms with Crippen LogP contribution in [0.1, 0.15) is 20.3 Å². The number of hydrogen-bond acceptors (Lipinski definition) is 0. The van der Waals surface area contributed by atoms with E-state index in [1.54, 1.807) is 0 Å². The average molecular weight is 366 g/mol. The second-order valence-corrected chi connectivity index (χ2v) is 2.04. The molecular formula is C5H12Cl2N2Pt. The van der Waals surface area contributed by atoms with E-state index in [0.717, 1.165) is 0 Å². The third-order valence-corrected chi connectivity index (χ3v) is 0.707. The smallest absolute Gasteiger partial charge is 1.00 e. The molecule has 2 nitrogen and oxygen atoms in total. The SMILES string of the molecule is CC([NH-])CC(C)[NH-].[Cl-].[Cl-].[Pt+4]. The molecule has 2 unspecified atom stereocenters. The summed E-state index contributed by atoms with van der Waals surface area (Å²) in [5.74, 6) is 0. The largest absolute Gasteiger partial charge is 4.00 e. The first kappa shape index (κ1) is 22.5. The first-order valence-electron chi connectivity index (χ1n) is 2.55. The van der Waals surface area contributed by atoms with Gasteiger partial charge in [-0.1, -0.05) is 20.3 Å². The van der Waals surface area contributed by atoms with E-state index in [2.05, 4.69) is 0 Å². The topological polar surface area (TPSA) is 47.6 Å². The number of rotatable bonds is 2. The molecule has 0 saturated carbocycles. The Morgan fingerprint density at radius 2 is 1.20 bits per heavy atom. The normalized spacial score (nSPS) is 13.2. The summed E-state index contributed by atoms with van der Waals surface area (Å²) in [4.78, 5) is 0. The molecule has 0 heterocycles. The monoisotopic (exact) mass is 365 g/mol. The van der Waals surface area contributed by atoms with Crippen molar-refractivity contribution in [2.45, 2.75) is 32.4 Å². The Morgan fingerprint density at radius 1 is 1.00 bits per heavy atom. The van der Waals surface area contributed by atoms with Crippen molar-refractivity contribution in [3.05, 3.63) is 11.5 Å². The quantitative estimate of drug-likeness (QED) is 0.483. The van der Waals surface area contributed by atoms with Crippen LogP contribution in [0.15, 0.2) is 0 Å². The second kappa shape index (κ2) is 12.8. The van der Waals surface area contributed by atoms with Gasteiger partial charge >= 0.3 is 21.1 Å². The fraction of sp³-hybridized carbons (Fsp3) is 1.00. The van der Waals surface area contributed by atoms with Crippen molar-refractivity contribution in [3.8, 4) is 0 Å². The van der Waals surface area contributed by atoms with Gasteiger partial charge in [-0.2, -0.15) is 0 Å². The van der Waals surface area contributed by atoms with Gasteiger partial charge in [-0.25, -0.2) is 0 Å². The molecule has 0 aromatic rings. The minimum Gasteiger partial charge on any atom is -1.00 e. The first-order valence-corrected chi connectivity index (χ1v) is 2.55. The van der Waals surface area contributed by atoms with E-state index < -0.39 is 0 Å². The molecule has 2 atom stereocenters. The Balaban J connectivity index is -0.0000000600. The Labute approximate surface area is 89.6 Å². The average Bonchev–Trinajstić information content (AvgIpc) is 1.27. The van der Waals surface area contributed by atoms with Gasteiger partial charge in [0.15, 0.2) is 0 Å². The van der Waals surface area contributed by atoms with Crippen LogP contribution < -0.4 is 24.8 Å². The molecule has 0 radical (unpaired) electrons. The molecule has 0 aromatic carbocycles. The van der Waals surface area contributed by atoms with Crippen molar-refractivity contribution in [2.24, 2.45) is 0 Å². The van der Waals surface area contributed by atoms with E-state index in [1.807, 2.05) is 13.8 Å². The van der Waals surface area contributed by atoms with Gasteiger partial charge in [-0.3, -0.25) is 0 Å². The standard InChI is InChI=1S/C5H12N2.2ClH.Pt/c1-4(6)3-5(2)7;;;/h4-7H,3H2,1-2H3;2*1H;/q-2;;;+4/p-2. The van der Waals surface area contributed by atoms with Crippen LogP contribution in [0, 0.1) is 0 Å². The van der Waals surface area contributed by atoms with Crippen LogP contribution in [0.5, 0.6) is 0 Å². The molecule has 0 rings (SSSR count). The van der Waals surface area contributed by atoms with Gasteiger partial charge in [0.2, 0.25) is 0 Å². The Kier molecular flexibility index (Phi) is 28.8. The van der Waals surface area contributed by atoms with E-state index in [-0.39, 0.29) is 58.0 Å². The zero-order valence-electron chi connectivity index (χ0n) is 5.93. The molecule has 0 aliphatic rings. The van der Waals surface area contributed by atoms with Gasteiger partial charge in [0.1, 0.15) is 0 Å². The van der Waals surface area contributed by atoms with Gasteiger partial charge in [0.05, 0.1) is 0 Å². The fourth-order valence-corrected chi connectivity index (χ4v) is 0.530. The first-order chi connectivity index (χ1) is 3.13. The summed E-state index contributed by atoms with van der Waals surface area (Å²) in [5.41, 5.74) is 14.0. The van der Waals surface area contributed by atoms with Gasteiger partial charge in [-0.05, 0) is 0 Å². The Morgan fingerprint density at radius 3 is 1.20 bits per heavy atom. The maximum atomic E-state index is 6.99. The molecule has 10 heavy (non-hydrogen) atoms. The summed E-state index contributed by atoms with van der Waals surface area (Å²) < 4.78 is 0. The summed E-state index contributed by atoms with van der Waals surface area (Å²) in [7, 11) is 0. The van der Waals surface area contributed by atoms with Gasteiger partial charge in [-0.15, -0.1) is 12.1 Å². The molecule has 0 fully saturated rings. The van der Waals surface area contributed by atoms with Crippen molar-refractivity contribution < 1.29 is 45.9 Å². The van der Waals surface area contributed by atoms with Gasteiger partial charge in [0, 0.05) is 0 Å². The van der Waals surface area contributed by atoms with E-state index in [1.165, 1.54) is 0 Å². The van der Waals surface area contributed by atoms with Crippen LogP contribution in [-0.2, 0) is 21.1 Å². The summed E-state index contributed by atoms with van der Waals surface area (Å²) in [6.45, 7) is 3.62. The third kappa shape index (κ3) is 22.9. The van der Waals surface area contributed by atoms with Crippen LogP contribution >= 0.6 is 0 Å². The molecule has 0 aromatic heterocycles. The molecule has 2 N–H and O–H groups in total. The third-order valence-electron chi connectivity index (χ3n) is 0.707. The molecule has 0 spiro atoms. The Bertz CT molecular complexity index is 46.9. The minimum absolute atomic E-state index is 0. The molecule has 0 bridgehead atoms. The molecular weight excluding hydrogens is 354 g/mol. The molecule has 66 valence electrons. The van der Waals surface area contributed by atoms with Crippen molar-refractivity contribution in [1.82, 2.24) is 0 Å². The summed E-state index contributed by atoms with van der Waals surface area (Å²) in [6, 6.07) is -0.125. The number of nitrogens with one attached hydrogen (secondary N) is 2. The van der Waals surface area contributed by atoms with Crippen LogP contribution in [0.25, 0.3) is 11.5 Å². The predicted molar refractivity (Wildman–Crippen MR) is 32.2 cm³/mol. The van der Waals surface area contributed by atoms with Crippen molar-refractivity contribution in [3.63, 3.8) is 0 Å². The van der Waals surface area contributed by atoms with Gasteiger partial charge < -0.3 is 36.3 Å². The van der Waals surface area contributed by atoms with E-state index in [4.69, 9.17) is 11.5 Å². The van der Waals surface area contributed by atoms with Crippen molar-refractivity contribution >= 4 is 0 Å². The van der Waals surface area contributed by atoms with Crippen LogP contribution in [0.4, 0.5) is 0 Å². The zero-order chi connectivity index (χ0) is 5.86. The molecule has 0 amide bonds. The Hall–Kier alpha value is 1.19. The minimum atomic E-state index is -0.0625. The van der Waals surface area contributed by atoms with Gasteiger partial charge in [0.25, 0.3) is 0 Å². The van der Waals surface area contributed by atoms with Crippen molar-refractivity contribution in [2.75, 3.05) is 0 Å². The maximum Gasteiger partial charge on any atom is 4.00 e. The summed E-state index contributed by atoms with van der Waals surface area (Å²) >= 11 is 0. The molecule has 0 aliphatic heterocycles. The molecule has 0 aliphatic carbocycles. The zero-order valence-corrected chi connectivity index (χ0v) is 9.72. The van der Waals surface area contributed by atoms with E-state index in [9.17, 15) is 0 Å². The summed E-state index contributed by atoms with van der Waals surface area (Å²) in [5, 5.41) is 0. The van der Waals surface area contributed by atoms with E-state index >= 15 is 0 Å². The van der Waals surface area contributed by atoms with Crippen LogP contribution in [0.2, 0.25) is 0 Å². The summed E-state index contributed by atoms with van der Waals surface area (Å²) in [6.07, 6.45) is 0.694. The fourth-order valence-electron chi connectivity index (χ4n) is 0.530. The molecule has 5 heteroatoms.